The van der Waals surface area contributed by atoms with Crippen LogP contribution in [0.3, 0.4) is 0 Å². The molecule has 0 aromatic rings. The Kier molecular flexibility index (Phi) is 4.55. The van der Waals surface area contributed by atoms with Gasteiger partial charge in [0.15, 0.2) is 0 Å². The van der Waals surface area contributed by atoms with Crippen LogP contribution in [-0.2, 0) is 0 Å². The Bertz CT molecular complexity index is 165. The summed E-state index contributed by atoms with van der Waals surface area (Å²) >= 11 is 0. The third kappa shape index (κ3) is 2.78. The van der Waals surface area contributed by atoms with E-state index in [1.165, 1.54) is 6.42 Å². The maximum absolute atomic E-state index is 14.0. The second kappa shape index (κ2) is 5.24. The van der Waals surface area contributed by atoms with Crippen molar-refractivity contribution in [3.05, 3.63) is 0 Å². The average molecular weight is 220 g/mol. The fourth-order valence-electron chi connectivity index (χ4n) is 2.52. The third-order valence-electron chi connectivity index (χ3n) is 3.53. The topological polar surface area (TPSA) is 0 Å². The molecule has 1 atom stereocenters. The van der Waals surface area contributed by atoms with Gasteiger partial charge in [-0.15, -0.1) is 0 Å². The summed E-state index contributed by atoms with van der Waals surface area (Å²) in [7, 11) is -3.93. The van der Waals surface area contributed by atoms with Crippen molar-refractivity contribution in [2.75, 3.05) is 0 Å². The Morgan fingerprint density at radius 2 is 1.79 bits per heavy atom. The molecule has 0 N–H and O–H groups in total. The maximum atomic E-state index is 14.0. The largest absolute Gasteiger partial charge is 0.430 e. The van der Waals surface area contributed by atoms with Gasteiger partial charge in [-0.25, -0.2) is 0 Å². The fourth-order valence-corrected chi connectivity index (χ4v) is 5.17. The molecule has 0 radical (unpaired) electrons. The molecule has 1 rings (SSSR count). The van der Waals surface area contributed by atoms with Crippen LogP contribution in [-0.4, -0.2) is 8.74 Å². The van der Waals surface area contributed by atoms with Gasteiger partial charge in [0.25, 0.3) is 0 Å². The molecular weight excluding hydrogens is 198 g/mol. The van der Waals surface area contributed by atoms with Crippen LogP contribution in [0.2, 0.25) is 11.1 Å². The summed E-state index contributed by atoms with van der Waals surface area (Å²) in [5, 5.41) is 0. The minimum atomic E-state index is -3.93. The van der Waals surface area contributed by atoms with Gasteiger partial charge in [0.2, 0.25) is 0 Å². The van der Waals surface area contributed by atoms with Gasteiger partial charge in [-0.2, -0.15) is 0 Å². The summed E-state index contributed by atoms with van der Waals surface area (Å²) in [5.41, 5.74) is -0.492. The lowest BCUT2D eigenvalue weighted by Crippen LogP contribution is -2.35. The van der Waals surface area contributed by atoms with Crippen molar-refractivity contribution in [3.63, 3.8) is 0 Å². The molecule has 0 aromatic carbocycles. The van der Waals surface area contributed by atoms with E-state index in [1.54, 1.807) is 6.92 Å². The van der Waals surface area contributed by atoms with Gasteiger partial charge >= 0.3 is 8.74 Å². The van der Waals surface area contributed by atoms with Crippen LogP contribution in [0.1, 0.15) is 58.8 Å². The van der Waals surface area contributed by atoms with E-state index in [-0.39, 0.29) is 11.1 Å². The van der Waals surface area contributed by atoms with Gasteiger partial charge < -0.3 is 0 Å². The van der Waals surface area contributed by atoms with Crippen molar-refractivity contribution < 1.29 is 8.22 Å². The molecule has 1 saturated carbocycles. The predicted octanol–water partition coefficient (Wildman–Crippen LogP) is 4.89. The normalized spacial score (nSPS) is 22.3. The number of halogens is 2. The molecular formula is C11H22F2Si. The quantitative estimate of drug-likeness (QED) is 0.467. The molecule has 0 nitrogen and oxygen atoms in total. The predicted molar refractivity (Wildman–Crippen MR) is 59.1 cm³/mol. The van der Waals surface area contributed by atoms with Crippen molar-refractivity contribution in [2.24, 2.45) is 0 Å². The number of hydrogen-bond donors (Lipinski definition) is 0. The molecule has 1 aliphatic rings. The summed E-state index contributed by atoms with van der Waals surface area (Å²) in [6.45, 7) is 3.77. The van der Waals surface area contributed by atoms with Crippen LogP contribution in [0.25, 0.3) is 0 Å². The van der Waals surface area contributed by atoms with Crippen LogP contribution in [0.15, 0.2) is 0 Å². The molecule has 0 saturated heterocycles. The van der Waals surface area contributed by atoms with Crippen LogP contribution in [0.5, 0.6) is 0 Å². The Morgan fingerprint density at radius 3 is 2.29 bits per heavy atom. The van der Waals surface area contributed by atoms with E-state index in [0.29, 0.717) is 0 Å². The minimum absolute atomic E-state index is 0.196. The van der Waals surface area contributed by atoms with E-state index in [0.717, 1.165) is 38.5 Å². The molecule has 14 heavy (non-hydrogen) atoms. The molecule has 1 unspecified atom stereocenters. The van der Waals surface area contributed by atoms with E-state index >= 15 is 0 Å². The van der Waals surface area contributed by atoms with Crippen molar-refractivity contribution in [2.45, 2.75) is 69.9 Å². The van der Waals surface area contributed by atoms with Gasteiger partial charge in [0.1, 0.15) is 0 Å². The van der Waals surface area contributed by atoms with Crippen molar-refractivity contribution in [3.8, 4) is 0 Å². The summed E-state index contributed by atoms with van der Waals surface area (Å²) < 4.78 is 28.1. The lowest BCUT2D eigenvalue weighted by atomic mass is 10.0. The Labute approximate surface area is 87.4 Å². The van der Waals surface area contributed by atoms with Crippen LogP contribution >= 0.6 is 0 Å². The first-order chi connectivity index (χ1) is 6.59. The van der Waals surface area contributed by atoms with Crippen LogP contribution in [0.4, 0.5) is 8.22 Å². The van der Waals surface area contributed by atoms with Crippen molar-refractivity contribution in [1.82, 2.24) is 0 Å². The summed E-state index contributed by atoms with van der Waals surface area (Å²) in [4.78, 5) is 0. The SMILES string of the molecule is CCCC(C)[Si](F)(F)C1CCCCC1. The highest BCUT2D eigenvalue weighted by Crippen LogP contribution is 2.45. The summed E-state index contributed by atoms with van der Waals surface area (Å²) in [6.07, 6.45) is 6.45. The average Bonchev–Trinajstić information content (AvgIpc) is 2.19. The zero-order valence-electron chi connectivity index (χ0n) is 9.36. The van der Waals surface area contributed by atoms with Gasteiger partial charge in [-0.05, 0) is 19.3 Å². The lowest BCUT2D eigenvalue weighted by molar-refractivity contribution is 0.412. The first kappa shape index (κ1) is 12.1. The fraction of sp³-hybridized carbons (Fsp3) is 1.00. The molecule has 0 amide bonds. The second-order valence-electron chi connectivity index (χ2n) is 4.70. The van der Waals surface area contributed by atoms with Crippen molar-refractivity contribution in [1.29, 1.82) is 0 Å². The van der Waals surface area contributed by atoms with E-state index in [2.05, 4.69) is 0 Å². The van der Waals surface area contributed by atoms with Gasteiger partial charge in [0.05, 0.1) is 0 Å². The Hall–Kier alpha value is 0.0769. The Balaban J connectivity index is 2.52. The van der Waals surface area contributed by atoms with Crippen LogP contribution < -0.4 is 0 Å². The van der Waals surface area contributed by atoms with E-state index in [9.17, 15) is 8.22 Å². The highest BCUT2D eigenvalue weighted by atomic mass is 28.4. The highest BCUT2D eigenvalue weighted by Gasteiger charge is 2.48. The lowest BCUT2D eigenvalue weighted by Gasteiger charge is -2.31. The molecule has 1 aliphatic carbocycles. The van der Waals surface area contributed by atoms with E-state index in [1.807, 2.05) is 6.92 Å². The molecule has 3 heteroatoms. The molecule has 0 aliphatic heterocycles. The summed E-state index contributed by atoms with van der Waals surface area (Å²) in [6, 6.07) is 0. The number of rotatable bonds is 4. The molecule has 0 spiro atoms. The van der Waals surface area contributed by atoms with E-state index < -0.39 is 8.74 Å². The second-order valence-corrected chi connectivity index (χ2v) is 7.85. The first-order valence-electron chi connectivity index (χ1n) is 5.96. The molecule has 0 heterocycles. The Morgan fingerprint density at radius 1 is 1.21 bits per heavy atom. The van der Waals surface area contributed by atoms with Crippen molar-refractivity contribution >= 4 is 8.74 Å². The highest BCUT2D eigenvalue weighted by molar-refractivity contribution is 6.69. The summed E-state index contributed by atoms with van der Waals surface area (Å²) in [5.74, 6) is 0. The van der Waals surface area contributed by atoms with Gasteiger partial charge in [-0.3, -0.25) is 8.22 Å². The molecule has 0 bridgehead atoms. The van der Waals surface area contributed by atoms with Gasteiger partial charge in [-0.1, -0.05) is 39.5 Å². The smallest absolute Gasteiger partial charge is 0.270 e. The first-order valence-corrected chi connectivity index (χ1v) is 7.88. The standard InChI is InChI=1S/C11H22F2Si/c1-3-7-10(2)14(12,13)11-8-5-4-6-9-11/h10-11H,3-9H2,1-2H3. The third-order valence-corrected chi connectivity index (χ3v) is 6.80. The van der Waals surface area contributed by atoms with E-state index in [4.69, 9.17) is 0 Å². The van der Waals surface area contributed by atoms with Gasteiger partial charge in [0, 0.05) is 11.1 Å². The zero-order valence-corrected chi connectivity index (χ0v) is 10.4. The maximum Gasteiger partial charge on any atom is 0.430 e. The minimum Gasteiger partial charge on any atom is -0.270 e. The molecule has 1 fully saturated rings. The monoisotopic (exact) mass is 220 g/mol. The molecule has 0 aromatic heterocycles. The zero-order chi connectivity index (χ0) is 10.6. The number of hydrogen-bond acceptors (Lipinski definition) is 0. The molecule has 84 valence electrons. The van der Waals surface area contributed by atoms with Crippen LogP contribution in [0, 0.1) is 0 Å².